The van der Waals surface area contributed by atoms with Gasteiger partial charge in [-0.1, -0.05) is 0 Å². The van der Waals surface area contributed by atoms with Gasteiger partial charge in [0, 0.05) is 55.5 Å². The normalized spacial score (nSPS) is 22.6. The number of likely N-dealkylation sites (tertiary alicyclic amines) is 2. The minimum absolute atomic E-state index is 0.216. The number of thiophene rings is 1. The minimum Gasteiger partial charge on any atom is -0.475 e. The molecule has 0 bridgehead atoms. The highest BCUT2D eigenvalue weighted by atomic mass is 32.1. The molecular weight excluding hydrogens is 385 g/mol. The van der Waals surface area contributed by atoms with Crippen LogP contribution in [0.25, 0.3) is 0 Å². The number of fused-ring (bicyclic) bond motifs is 1. The first-order chi connectivity index (χ1) is 12.6. The Morgan fingerprint density at radius 1 is 1.33 bits per heavy atom. The van der Waals surface area contributed by atoms with Crippen molar-refractivity contribution in [3.63, 3.8) is 0 Å². The number of alkyl halides is 3. The largest absolute Gasteiger partial charge is 0.490 e. The van der Waals surface area contributed by atoms with E-state index in [1.165, 1.54) is 9.75 Å². The molecule has 1 amide bonds. The smallest absolute Gasteiger partial charge is 0.475 e. The van der Waals surface area contributed by atoms with Crippen LogP contribution in [0, 0.1) is 18.8 Å². The molecule has 2 aliphatic rings. The molecule has 0 saturated carbocycles. The Labute approximate surface area is 159 Å². The van der Waals surface area contributed by atoms with Gasteiger partial charge in [-0.15, -0.1) is 11.3 Å². The van der Waals surface area contributed by atoms with Crippen LogP contribution >= 0.6 is 11.3 Å². The average Bonchev–Trinajstić information content (AvgIpc) is 3.23. The predicted octanol–water partition coefficient (Wildman–Crippen LogP) is 2.23. The van der Waals surface area contributed by atoms with Gasteiger partial charge in [0.2, 0.25) is 5.91 Å². The molecule has 0 radical (unpaired) electrons. The van der Waals surface area contributed by atoms with Crippen molar-refractivity contribution in [3.05, 3.63) is 21.9 Å². The van der Waals surface area contributed by atoms with E-state index in [9.17, 15) is 18.0 Å². The van der Waals surface area contributed by atoms with Crippen molar-refractivity contribution >= 4 is 23.2 Å². The number of carbonyl (C=O) groups is 2. The monoisotopic (exact) mass is 408 g/mol. The average molecular weight is 408 g/mol. The molecule has 2 saturated heterocycles. The SMILES string of the molecule is COCCN1C[C@@H]2CN(Cc3ccc(C)s3)C[C@@H]2C1=O.O=C(O)C(F)(F)F. The summed E-state index contributed by atoms with van der Waals surface area (Å²) in [6.07, 6.45) is -5.08. The van der Waals surface area contributed by atoms with Gasteiger partial charge in [0.15, 0.2) is 0 Å². The Morgan fingerprint density at radius 3 is 2.48 bits per heavy atom. The Balaban J connectivity index is 0.000000321. The van der Waals surface area contributed by atoms with E-state index in [-0.39, 0.29) is 5.92 Å². The lowest BCUT2D eigenvalue weighted by atomic mass is 10.0. The quantitative estimate of drug-likeness (QED) is 0.809. The summed E-state index contributed by atoms with van der Waals surface area (Å²) in [4.78, 5) is 28.4. The number of nitrogens with zero attached hydrogens (tertiary/aromatic N) is 2. The second kappa shape index (κ2) is 9.03. The lowest BCUT2D eigenvalue weighted by Gasteiger charge is -2.21. The molecule has 6 nitrogen and oxygen atoms in total. The maximum Gasteiger partial charge on any atom is 0.490 e. The van der Waals surface area contributed by atoms with Crippen molar-refractivity contribution in [2.75, 3.05) is 39.9 Å². The Morgan fingerprint density at radius 2 is 2.00 bits per heavy atom. The standard InChI is InChI=1S/C15H22N2O2S.C2HF3O2/c1-11-3-4-13(20-11)9-16-7-12-8-17(5-6-19-2)15(18)14(12)10-16;3-2(4,5)1(6)7/h3-4,12,14H,5-10H2,1-2H3;(H,6,7)/t12-,14-;/m0./s1. The van der Waals surface area contributed by atoms with Gasteiger partial charge in [-0.2, -0.15) is 13.2 Å². The predicted molar refractivity (Wildman–Crippen MR) is 93.5 cm³/mol. The highest BCUT2D eigenvalue weighted by Gasteiger charge is 2.45. The summed E-state index contributed by atoms with van der Waals surface area (Å²) in [5.74, 6) is -1.70. The summed E-state index contributed by atoms with van der Waals surface area (Å²) < 4.78 is 36.8. The highest BCUT2D eigenvalue weighted by Crippen LogP contribution is 2.33. The van der Waals surface area contributed by atoms with E-state index in [0.717, 1.165) is 32.7 Å². The first-order valence-corrected chi connectivity index (χ1v) is 9.29. The van der Waals surface area contributed by atoms with E-state index >= 15 is 0 Å². The van der Waals surface area contributed by atoms with E-state index in [4.69, 9.17) is 14.6 Å². The van der Waals surface area contributed by atoms with Crippen LogP contribution in [0.5, 0.6) is 0 Å². The molecule has 1 aromatic heterocycles. The molecule has 1 aromatic rings. The van der Waals surface area contributed by atoms with Gasteiger partial charge in [0.1, 0.15) is 0 Å². The number of carbonyl (C=O) groups excluding carboxylic acids is 1. The number of carboxylic acids is 1. The second-order valence-electron chi connectivity index (χ2n) is 6.65. The number of aliphatic carboxylic acids is 1. The van der Waals surface area contributed by atoms with Crippen LogP contribution in [0.15, 0.2) is 12.1 Å². The van der Waals surface area contributed by atoms with Gasteiger partial charge in [0.25, 0.3) is 0 Å². The minimum atomic E-state index is -5.08. The van der Waals surface area contributed by atoms with Crippen LogP contribution in [-0.4, -0.2) is 72.9 Å². The third kappa shape index (κ3) is 5.91. The summed E-state index contributed by atoms with van der Waals surface area (Å²) in [5, 5.41) is 7.12. The number of methoxy groups -OCH3 is 1. The highest BCUT2D eigenvalue weighted by molar-refractivity contribution is 7.11. The van der Waals surface area contributed by atoms with Gasteiger partial charge < -0.3 is 14.7 Å². The molecule has 27 heavy (non-hydrogen) atoms. The van der Waals surface area contributed by atoms with Crippen LogP contribution in [0.2, 0.25) is 0 Å². The number of ether oxygens (including phenoxy) is 1. The molecule has 2 aliphatic heterocycles. The molecule has 0 spiro atoms. The van der Waals surface area contributed by atoms with Crippen molar-refractivity contribution in [2.45, 2.75) is 19.6 Å². The third-order valence-electron chi connectivity index (χ3n) is 4.58. The van der Waals surface area contributed by atoms with E-state index in [2.05, 4.69) is 24.0 Å². The van der Waals surface area contributed by atoms with Gasteiger partial charge in [0.05, 0.1) is 12.5 Å². The van der Waals surface area contributed by atoms with Crippen molar-refractivity contribution in [1.29, 1.82) is 0 Å². The van der Waals surface area contributed by atoms with Crippen LogP contribution in [0.1, 0.15) is 9.75 Å². The molecule has 10 heteroatoms. The van der Waals surface area contributed by atoms with Gasteiger partial charge in [-0.3, -0.25) is 9.69 Å². The molecule has 0 aliphatic carbocycles. The molecule has 1 N–H and O–H groups in total. The number of aryl methyl sites for hydroxylation is 1. The Hall–Kier alpha value is -1.65. The third-order valence-corrected chi connectivity index (χ3v) is 5.57. The fourth-order valence-corrected chi connectivity index (χ4v) is 4.29. The molecule has 3 rings (SSSR count). The number of rotatable bonds is 5. The lowest BCUT2D eigenvalue weighted by Crippen LogP contribution is -2.34. The summed E-state index contributed by atoms with van der Waals surface area (Å²) >= 11 is 1.86. The lowest BCUT2D eigenvalue weighted by molar-refractivity contribution is -0.192. The molecule has 152 valence electrons. The molecule has 0 aromatic carbocycles. The first-order valence-electron chi connectivity index (χ1n) is 8.47. The summed E-state index contributed by atoms with van der Waals surface area (Å²) in [5.41, 5.74) is 0. The zero-order valence-corrected chi connectivity index (χ0v) is 16.0. The van der Waals surface area contributed by atoms with E-state index < -0.39 is 12.1 Å². The van der Waals surface area contributed by atoms with Gasteiger partial charge in [-0.05, 0) is 19.1 Å². The first kappa shape index (κ1) is 21.6. The molecule has 0 unspecified atom stereocenters. The fourth-order valence-electron chi connectivity index (χ4n) is 3.36. The fraction of sp³-hybridized carbons (Fsp3) is 0.647. The van der Waals surface area contributed by atoms with Crippen molar-refractivity contribution in [3.8, 4) is 0 Å². The van der Waals surface area contributed by atoms with E-state index in [1.807, 2.05) is 16.2 Å². The van der Waals surface area contributed by atoms with Crippen LogP contribution < -0.4 is 0 Å². The van der Waals surface area contributed by atoms with Crippen molar-refractivity contribution < 1.29 is 32.6 Å². The number of hydrogen-bond donors (Lipinski definition) is 1. The summed E-state index contributed by atoms with van der Waals surface area (Å²) in [7, 11) is 1.69. The number of amides is 1. The second-order valence-corrected chi connectivity index (χ2v) is 8.03. The molecule has 3 heterocycles. The van der Waals surface area contributed by atoms with Crippen molar-refractivity contribution in [1.82, 2.24) is 9.80 Å². The molecule has 2 atom stereocenters. The summed E-state index contributed by atoms with van der Waals surface area (Å²) in [6.45, 7) is 7.41. The van der Waals surface area contributed by atoms with Crippen LogP contribution in [0.4, 0.5) is 13.2 Å². The van der Waals surface area contributed by atoms with Crippen LogP contribution in [0.3, 0.4) is 0 Å². The number of carboxylic acid groups (broad SMARTS) is 1. The number of halogens is 3. The van der Waals surface area contributed by atoms with Gasteiger partial charge in [-0.25, -0.2) is 4.79 Å². The van der Waals surface area contributed by atoms with Crippen molar-refractivity contribution in [2.24, 2.45) is 11.8 Å². The zero-order chi connectivity index (χ0) is 20.2. The van der Waals surface area contributed by atoms with Crippen LogP contribution in [-0.2, 0) is 20.9 Å². The molecular formula is C17H23F3N2O4S. The Bertz CT molecular complexity index is 665. The maximum absolute atomic E-state index is 12.3. The molecule has 2 fully saturated rings. The topological polar surface area (TPSA) is 70.1 Å². The van der Waals surface area contributed by atoms with Gasteiger partial charge >= 0.3 is 12.1 Å². The zero-order valence-electron chi connectivity index (χ0n) is 15.2. The summed E-state index contributed by atoms with van der Waals surface area (Å²) in [6, 6.07) is 4.38. The van der Waals surface area contributed by atoms with E-state index in [1.54, 1.807) is 7.11 Å². The maximum atomic E-state index is 12.3. The van der Waals surface area contributed by atoms with E-state index in [0.29, 0.717) is 18.4 Å². The Kier molecular flexibility index (Phi) is 7.24. The number of hydrogen-bond acceptors (Lipinski definition) is 5.